The molecule has 7 heteroatoms. The van der Waals surface area contributed by atoms with Gasteiger partial charge in [-0.2, -0.15) is 5.10 Å². The number of aryl methyl sites for hydroxylation is 1. The smallest absolute Gasteiger partial charge is 0.233 e. The standard InChI is InChI=1S/C10H20N4O2S/c1-3-6-11-7-4-9-17(15,16)13-10-5-8-14(2)12-10/h5,8,11H,3-4,6-7,9H2,1-2H3,(H,12,13). The Morgan fingerprint density at radius 3 is 2.76 bits per heavy atom. The molecule has 0 aliphatic rings. The first kappa shape index (κ1) is 14.0. The van der Waals surface area contributed by atoms with Crippen LogP contribution in [0, 0.1) is 0 Å². The summed E-state index contributed by atoms with van der Waals surface area (Å²) in [6, 6.07) is 1.63. The Morgan fingerprint density at radius 2 is 2.18 bits per heavy atom. The molecule has 0 aliphatic heterocycles. The van der Waals surface area contributed by atoms with Crippen molar-refractivity contribution in [3.63, 3.8) is 0 Å². The van der Waals surface area contributed by atoms with Gasteiger partial charge in [-0.1, -0.05) is 6.92 Å². The Bertz CT molecular complexity index is 427. The van der Waals surface area contributed by atoms with Gasteiger partial charge in [0.25, 0.3) is 0 Å². The Labute approximate surface area is 102 Å². The molecule has 1 heterocycles. The molecule has 0 aliphatic carbocycles. The Morgan fingerprint density at radius 1 is 1.41 bits per heavy atom. The fraction of sp³-hybridized carbons (Fsp3) is 0.700. The van der Waals surface area contributed by atoms with E-state index < -0.39 is 10.0 Å². The first-order valence-corrected chi connectivity index (χ1v) is 7.39. The molecule has 98 valence electrons. The maximum atomic E-state index is 11.7. The molecule has 0 saturated carbocycles. The van der Waals surface area contributed by atoms with Gasteiger partial charge in [0.15, 0.2) is 5.82 Å². The Hall–Kier alpha value is -1.08. The van der Waals surface area contributed by atoms with Gasteiger partial charge in [-0.3, -0.25) is 9.40 Å². The van der Waals surface area contributed by atoms with E-state index in [0.29, 0.717) is 12.2 Å². The topological polar surface area (TPSA) is 76.0 Å². The van der Waals surface area contributed by atoms with Crippen LogP contribution in [0.2, 0.25) is 0 Å². The number of anilines is 1. The first-order valence-electron chi connectivity index (χ1n) is 5.74. The largest absolute Gasteiger partial charge is 0.317 e. The van der Waals surface area contributed by atoms with Crippen LogP contribution in [0.15, 0.2) is 12.3 Å². The number of nitrogens with one attached hydrogen (secondary N) is 2. The van der Waals surface area contributed by atoms with E-state index in [1.54, 1.807) is 24.0 Å². The van der Waals surface area contributed by atoms with Crippen molar-refractivity contribution in [3.05, 3.63) is 12.3 Å². The van der Waals surface area contributed by atoms with Gasteiger partial charge in [-0.05, 0) is 25.9 Å². The highest BCUT2D eigenvalue weighted by Crippen LogP contribution is 2.05. The molecule has 0 atom stereocenters. The number of sulfonamides is 1. The fourth-order valence-electron chi connectivity index (χ4n) is 1.37. The highest BCUT2D eigenvalue weighted by atomic mass is 32.2. The zero-order valence-corrected chi connectivity index (χ0v) is 11.1. The second kappa shape index (κ2) is 6.61. The van der Waals surface area contributed by atoms with E-state index in [9.17, 15) is 8.42 Å². The van der Waals surface area contributed by atoms with Crippen molar-refractivity contribution in [2.75, 3.05) is 23.6 Å². The lowest BCUT2D eigenvalue weighted by Gasteiger charge is -2.05. The predicted molar refractivity (Wildman–Crippen MR) is 68.4 cm³/mol. The molecule has 0 amide bonds. The van der Waals surface area contributed by atoms with Crippen molar-refractivity contribution in [3.8, 4) is 0 Å². The van der Waals surface area contributed by atoms with Crippen LogP contribution in [-0.4, -0.2) is 37.0 Å². The normalized spacial score (nSPS) is 11.6. The van der Waals surface area contributed by atoms with Crippen LogP contribution in [0.3, 0.4) is 0 Å². The van der Waals surface area contributed by atoms with Crippen LogP contribution in [0.25, 0.3) is 0 Å². The summed E-state index contributed by atoms with van der Waals surface area (Å²) in [5.41, 5.74) is 0. The maximum Gasteiger partial charge on any atom is 0.233 e. The van der Waals surface area contributed by atoms with Crippen molar-refractivity contribution in [2.45, 2.75) is 19.8 Å². The molecule has 17 heavy (non-hydrogen) atoms. The number of rotatable bonds is 8. The third-order valence-electron chi connectivity index (χ3n) is 2.17. The molecule has 0 bridgehead atoms. The molecule has 0 aromatic carbocycles. The number of hydrogen-bond donors (Lipinski definition) is 2. The van der Waals surface area contributed by atoms with Crippen LogP contribution >= 0.6 is 0 Å². The number of hydrogen-bond acceptors (Lipinski definition) is 4. The van der Waals surface area contributed by atoms with Crippen molar-refractivity contribution in [1.82, 2.24) is 15.1 Å². The molecule has 1 aromatic heterocycles. The average Bonchev–Trinajstić information content (AvgIpc) is 2.62. The van der Waals surface area contributed by atoms with Gasteiger partial charge in [0.1, 0.15) is 0 Å². The first-order chi connectivity index (χ1) is 8.03. The third kappa shape index (κ3) is 5.69. The highest BCUT2D eigenvalue weighted by Gasteiger charge is 2.11. The van der Waals surface area contributed by atoms with E-state index in [-0.39, 0.29) is 5.75 Å². The van der Waals surface area contributed by atoms with E-state index in [4.69, 9.17) is 0 Å². The lowest BCUT2D eigenvalue weighted by atomic mass is 10.4. The van der Waals surface area contributed by atoms with E-state index in [1.807, 2.05) is 0 Å². The monoisotopic (exact) mass is 260 g/mol. The highest BCUT2D eigenvalue weighted by molar-refractivity contribution is 7.92. The second-order valence-electron chi connectivity index (χ2n) is 3.90. The molecule has 0 radical (unpaired) electrons. The fourth-order valence-corrected chi connectivity index (χ4v) is 2.42. The summed E-state index contributed by atoms with van der Waals surface area (Å²) in [6.45, 7) is 3.72. The summed E-state index contributed by atoms with van der Waals surface area (Å²) in [6.07, 6.45) is 3.35. The molecule has 1 aromatic rings. The molecule has 1 rings (SSSR count). The van der Waals surface area contributed by atoms with Crippen molar-refractivity contribution < 1.29 is 8.42 Å². The molecule has 2 N–H and O–H groups in total. The predicted octanol–water partition coefficient (Wildman–Crippen LogP) is 0.551. The van der Waals surface area contributed by atoms with E-state index >= 15 is 0 Å². The molecule has 0 spiro atoms. The van der Waals surface area contributed by atoms with Gasteiger partial charge < -0.3 is 5.32 Å². The van der Waals surface area contributed by atoms with Crippen LogP contribution in [0.4, 0.5) is 5.82 Å². The minimum atomic E-state index is -3.27. The summed E-state index contributed by atoms with van der Waals surface area (Å²) in [5, 5.41) is 7.13. The Kier molecular flexibility index (Phi) is 5.43. The van der Waals surface area contributed by atoms with Crippen molar-refractivity contribution >= 4 is 15.8 Å². The van der Waals surface area contributed by atoms with E-state index in [0.717, 1.165) is 19.5 Å². The summed E-state index contributed by atoms with van der Waals surface area (Å²) in [7, 11) is -1.53. The van der Waals surface area contributed by atoms with E-state index in [2.05, 4.69) is 22.1 Å². The third-order valence-corrected chi connectivity index (χ3v) is 3.51. The van der Waals surface area contributed by atoms with Gasteiger partial charge in [-0.25, -0.2) is 8.42 Å². The second-order valence-corrected chi connectivity index (χ2v) is 5.74. The van der Waals surface area contributed by atoms with Crippen LogP contribution in [0.1, 0.15) is 19.8 Å². The molecule has 0 fully saturated rings. The summed E-state index contributed by atoms with van der Waals surface area (Å²) < 4.78 is 27.3. The average molecular weight is 260 g/mol. The minimum absolute atomic E-state index is 0.111. The van der Waals surface area contributed by atoms with Crippen LogP contribution in [-0.2, 0) is 17.1 Å². The minimum Gasteiger partial charge on any atom is -0.317 e. The van der Waals surface area contributed by atoms with Gasteiger partial charge in [0.05, 0.1) is 5.75 Å². The molecule has 0 unspecified atom stereocenters. The zero-order valence-electron chi connectivity index (χ0n) is 10.3. The Balaban J connectivity index is 2.31. The van der Waals surface area contributed by atoms with E-state index in [1.165, 1.54) is 0 Å². The van der Waals surface area contributed by atoms with Crippen molar-refractivity contribution in [2.24, 2.45) is 7.05 Å². The molecular weight excluding hydrogens is 240 g/mol. The lowest BCUT2D eigenvalue weighted by molar-refractivity contribution is 0.593. The molecular formula is C10H20N4O2S. The maximum absolute atomic E-state index is 11.7. The quantitative estimate of drug-likeness (QED) is 0.669. The van der Waals surface area contributed by atoms with Crippen molar-refractivity contribution in [1.29, 1.82) is 0 Å². The van der Waals surface area contributed by atoms with Gasteiger partial charge in [0, 0.05) is 19.3 Å². The lowest BCUT2D eigenvalue weighted by Crippen LogP contribution is -2.22. The summed E-state index contributed by atoms with van der Waals surface area (Å²) >= 11 is 0. The molecule has 0 saturated heterocycles. The van der Waals surface area contributed by atoms with Crippen LogP contribution in [0.5, 0.6) is 0 Å². The number of nitrogens with zero attached hydrogens (tertiary/aromatic N) is 2. The van der Waals surface area contributed by atoms with Gasteiger partial charge in [-0.15, -0.1) is 0 Å². The van der Waals surface area contributed by atoms with Crippen LogP contribution < -0.4 is 10.0 Å². The summed E-state index contributed by atoms with van der Waals surface area (Å²) in [4.78, 5) is 0. The zero-order chi connectivity index (χ0) is 12.7. The van der Waals surface area contributed by atoms with Gasteiger partial charge in [0.2, 0.25) is 10.0 Å². The number of aromatic nitrogens is 2. The summed E-state index contributed by atoms with van der Waals surface area (Å²) in [5.74, 6) is 0.481. The van der Waals surface area contributed by atoms with Gasteiger partial charge >= 0.3 is 0 Å². The SMILES string of the molecule is CCCNCCCS(=O)(=O)Nc1ccn(C)n1. The molecule has 6 nitrogen and oxygen atoms in total.